The lowest BCUT2D eigenvalue weighted by Gasteiger charge is -2.29. The molecule has 3 heterocycles. The smallest absolute Gasteiger partial charge is 0.337 e. The SMILES string of the molecule is Cc1nc(C(F)(F)F)c(CN(Cc2nccn2C)C2CC23CCNCC3)s1.Cl. The van der Waals surface area contributed by atoms with E-state index in [1.54, 1.807) is 13.1 Å². The summed E-state index contributed by atoms with van der Waals surface area (Å²) >= 11 is 1.15. The van der Waals surface area contributed by atoms with Crippen LogP contribution >= 0.6 is 23.7 Å². The summed E-state index contributed by atoms with van der Waals surface area (Å²) in [5, 5.41) is 3.84. The van der Waals surface area contributed by atoms with Crippen LogP contribution in [0, 0.1) is 12.3 Å². The fraction of sp³-hybridized carbons (Fsp3) is 0.667. The first kappa shape index (κ1) is 21.5. The monoisotopic (exact) mass is 435 g/mol. The molecule has 2 aromatic rings. The first-order valence-electron chi connectivity index (χ1n) is 9.23. The van der Waals surface area contributed by atoms with Gasteiger partial charge in [-0.1, -0.05) is 0 Å². The van der Waals surface area contributed by atoms with Crippen LogP contribution in [-0.2, 0) is 26.3 Å². The van der Waals surface area contributed by atoms with E-state index in [0.717, 1.165) is 49.5 Å². The number of piperidine rings is 1. The number of hydrogen-bond donors (Lipinski definition) is 1. The van der Waals surface area contributed by atoms with Crippen molar-refractivity contribution in [2.75, 3.05) is 13.1 Å². The van der Waals surface area contributed by atoms with Crippen molar-refractivity contribution in [1.82, 2.24) is 24.8 Å². The Morgan fingerprint density at radius 3 is 2.64 bits per heavy atom. The summed E-state index contributed by atoms with van der Waals surface area (Å²) in [5.41, 5.74) is -0.482. The van der Waals surface area contributed by atoms with E-state index in [2.05, 4.69) is 20.2 Å². The van der Waals surface area contributed by atoms with Crippen molar-refractivity contribution in [3.05, 3.63) is 33.8 Å². The molecule has 2 aromatic heterocycles. The normalized spacial score (nSPS) is 21.1. The van der Waals surface area contributed by atoms with Gasteiger partial charge >= 0.3 is 6.18 Å². The quantitative estimate of drug-likeness (QED) is 0.776. The first-order chi connectivity index (χ1) is 12.8. The minimum atomic E-state index is -4.41. The van der Waals surface area contributed by atoms with E-state index in [-0.39, 0.29) is 24.4 Å². The van der Waals surface area contributed by atoms with E-state index in [0.29, 0.717) is 22.5 Å². The predicted molar refractivity (Wildman–Crippen MR) is 104 cm³/mol. The molecular weight excluding hydrogens is 411 g/mol. The van der Waals surface area contributed by atoms with Gasteiger partial charge in [0.2, 0.25) is 0 Å². The van der Waals surface area contributed by atoms with Crippen molar-refractivity contribution in [1.29, 1.82) is 0 Å². The standard InChI is InChI=1S/C18H24F3N5S.ClH/c1-12-24-16(18(19,20)21)13(27-12)10-26(11-15-23-7-8-25(15)2)14-9-17(14)3-5-22-6-4-17;/h7-8,14,22H,3-6,9-11H2,1-2H3;1H. The van der Waals surface area contributed by atoms with Crippen LogP contribution in [0.1, 0.15) is 40.7 Å². The van der Waals surface area contributed by atoms with Gasteiger partial charge in [0.25, 0.3) is 0 Å². The lowest BCUT2D eigenvalue weighted by Crippen LogP contribution is -2.36. The third-order valence-corrected chi connectivity index (χ3v) is 6.83. The molecule has 1 spiro atoms. The molecule has 1 saturated heterocycles. The van der Waals surface area contributed by atoms with Gasteiger partial charge in [0, 0.05) is 32.0 Å². The highest BCUT2D eigenvalue weighted by Crippen LogP contribution is 2.56. The Balaban J connectivity index is 0.00000225. The summed E-state index contributed by atoms with van der Waals surface area (Å²) in [6.07, 6.45) is 2.42. The molecule has 1 saturated carbocycles. The molecule has 0 bridgehead atoms. The zero-order chi connectivity index (χ0) is 19.2. The molecule has 1 N–H and O–H groups in total. The van der Waals surface area contributed by atoms with E-state index in [9.17, 15) is 13.2 Å². The molecule has 156 valence electrons. The van der Waals surface area contributed by atoms with Gasteiger partial charge in [0.15, 0.2) is 5.69 Å². The fourth-order valence-electron chi connectivity index (χ4n) is 4.29. The molecular formula is C18H25ClF3N5S. The zero-order valence-corrected chi connectivity index (χ0v) is 17.6. The largest absolute Gasteiger partial charge is 0.434 e. The molecule has 0 aromatic carbocycles. The number of hydrogen-bond acceptors (Lipinski definition) is 5. The van der Waals surface area contributed by atoms with Crippen LogP contribution in [0.3, 0.4) is 0 Å². The lowest BCUT2D eigenvalue weighted by atomic mass is 9.93. The van der Waals surface area contributed by atoms with Crippen molar-refractivity contribution in [2.45, 2.75) is 51.5 Å². The third kappa shape index (κ3) is 4.22. The van der Waals surface area contributed by atoms with Crippen molar-refractivity contribution in [3.63, 3.8) is 0 Å². The van der Waals surface area contributed by atoms with Gasteiger partial charge in [-0.3, -0.25) is 4.90 Å². The molecule has 4 rings (SSSR count). The van der Waals surface area contributed by atoms with Crippen LogP contribution in [0.4, 0.5) is 13.2 Å². The van der Waals surface area contributed by atoms with Crippen LogP contribution in [0.25, 0.3) is 0 Å². The lowest BCUT2D eigenvalue weighted by molar-refractivity contribution is -0.141. The maximum atomic E-state index is 13.4. The molecule has 1 aliphatic carbocycles. The molecule has 10 heteroatoms. The average Bonchev–Trinajstić information content (AvgIpc) is 2.92. The highest BCUT2D eigenvalue weighted by atomic mass is 35.5. The van der Waals surface area contributed by atoms with Crippen molar-refractivity contribution >= 4 is 23.7 Å². The number of aryl methyl sites for hydroxylation is 2. The van der Waals surface area contributed by atoms with E-state index < -0.39 is 11.9 Å². The summed E-state index contributed by atoms with van der Waals surface area (Å²) in [7, 11) is 1.92. The first-order valence-corrected chi connectivity index (χ1v) is 10.0. The molecule has 1 aliphatic heterocycles. The molecule has 2 fully saturated rings. The maximum absolute atomic E-state index is 13.4. The molecule has 1 atom stereocenters. The summed E-state index contributed by atoms with van der Waals surface area (Å²) in [6, 6.07) is 0.305. The minimum absolute atomic E-state index is 0. The highest BCUT2D eigenvalue weighted by molar-refractivity contribution is 7.11. The number of imidazole rings is 1. The number of thiazole rings is 1. The van der Waals surface area contributed by atoms with E-state index >= 15 is 0 Å². The van der Waals surface area contributed by atoms with Gasteiger partial charge in [0.1, 0.15) is 5.82 Å². The summed E-state index contributed by atoms with van der Waals surface area (Å²) in [6.45, 7) is 4.43. The van der Waals surface area contributed by atoms with Crippen molar-refractivity contribution in [3.8, 4) is 0 Å². The Hall–Kier alpha value is -1.16. The zero-order valence-electron chi connectivity index (χ0n) is 15.9. The fourth-order valence-corrected chi connectivity index (χ4v) is 5.28. The Morgan fingerprint density at radius 2 is 2.04 bits per heavy atom. The van der Waals surface area contributed by atoms with Crippen LogP contribution in [0.5, 0.6) is 0 Å². The molecule has 1 unspecified atom stereocenters. The third-order valence-electron chi connectivity index (χ3n) is 5.87. The van der Waals surface area contributed by atoms with Crippen LogP contribution in [0.15, 0.2) is 12.4 Å². The predicted octanol–water partition coefficient (Wildman–Crippen LogP) is 3.77. The molecule has 5 nitrogen and oxygen atoms in total. The van der Waals surface area contributed by atoms with Gasteiger partial charge in [-0.15, -0.1) is 23.7 Å². The summed E-state index contributed by atoms with van der Waals surface area (Å²) in [5.74, 6) is 0.876. The Bertz CT molecular complexity index is 812. The van der Waals surface area contributed by atoms with Crippen LogP contribution in [-0.4, -0.2) is 38.6 Å². The maximum Gasteiger partial charge on any atom is 0.434 e. The van der Waals surface area contributed by atoms with Gasteiger partial charge in [-0.25, -0.2) is 9.97 Å². The Morgan fingerprint density at radius 1 is 1.32 bits per heavy atom. The molecule has 2 aliphatic rings. The second-order valence-electron chi connectivity index (χ2n) is 7.69. The topological polar surface area (TPSA) is 46.0 Å². The van der Waals surface area contributed by atoms with Gasteiger partial charge in [-0.05, 0) is 44.7 Å². The second-order valence-corrected chi connectivity index (χ2v) is 8.98. The number of nitrogens with one attached hydrogen (secondary N) is 1. The van der Waals surface area contributed by atoms with Gasteiger partial charge in [-0.2, -0.15) is 13.2 Å². The van der Waals surface area contributed by atoms with Crippen molar-refractivity contribution in [2.24, 2.45) is 12.5 Å². The van der Waals surface area contributed by atoms with E-state index in [1.165, 1.54) is 0 Å². The molecule has 0 radical (unpaired) electrons. The van der Waals surface area contributed by atoms with Crippen LogP contribution < -0.4 is 5.32 Å². The van der Waals surface area contributed by atoms with E-state index in [1.807, 2.05) is 17.8 Å². The average molecular weight is 436 g/mol. The molecule has 0 amide bonds. The highest BCUT2D eigenvalue weighted by Gasteiger charge is 2.56. The number of nitrogens with zero attached hydrogens (tertiary/aromatic N) is 4. The number of alkyl halides is 3. The minimum Gasteiger partial charge on any atom is -0.337 e. The summed E-state index contributed by atoms with van der Waals surface area (Å²) in [4.78, 5) is 10.7. The number of aromatic nitrogens is 3. The number of halogens is 4. The van der Waals surface area contributed by atoms with Gasteiger partial charge < -0.3 is 9.88 Å². The second kappa shape index (κ2) is 7.93. The van der Waals surface area contributed by atoms with Crippen LogP contribution in [0.2, 0.25) is 0 Å². The summed E-state index contributed by atoms with van der Waals surface area (Å²) < 4.78 is 42.2. The van der Waals surface area contributed by atoms with Gasteiger partial charge in [0.05, 0.1) is 16.4 Å². The Labute approximate surface area is 172 Å². The van der Waals surface area contributed by atoms with Crippen molar-refractivity contribution < 1.29 is 13.2 Å². The number of rotatable bonds is 5. The Kier molecular flexibility index (Phi) is 6.10. The van der Waals surface area contributed by atoms with E-state index in [4.69, 9.17) is 0 Å². The molecule has 28 heavy (non-hydrogen) atoms.